The number of methoxy groups -OCH3 is 1. The lowest BCUT2D eigenvalue weighted by atomic mass is 10.2. The second-order valence-electron chi connectivity index (χ2n) is 4.27. The van der Waals surface area contributed by atoms with E-state index in [-0.39, 0.29) is 11.9 Å². The van der Waals surface area contributed by atoms with Gasteiger partial charge in [0.25, 0.3) is 5.91 Å². The number of amides is 1. The lowest BCUT2D eigenvalue weighted by Crippen LogP contribution is -2.37. The molecule has 0 radical (unpaired) electrons. The average molecular weight is 266 g/mol. The maximum atomic E-state index is 11.8. The minimum atomic E-state index is -0.0782. The van der Waals surface area contributed by atoms with Crippen molar-refractivity contribution in [2.45, 2.75) is 13.0 Å². The highest BCUT2D eigenvalue weighted by atomic mass is 16.5. The molecule has 1 aromatic carbocycles. The fraction of sp³-hybridized carbons (Fsp3) is 0.500. The molecule has 0 aliphatic carbocycles. The summed E-state index contributed by atoms with van der Waals surface area (Å²) in [4.78, 5) is 11.8. The smallest absolute Gasteiger partial charge is 0.251 e. The van der Waals surface area contributed by atoms with Gasteiger partial charge in [0, 0.05) is 25.3 Å². The van der Waals surface area contributed by atoms with Crippen LogP contribution in [0.5, 0.6) is 5.75 Å². The zero-order chi connectivity index (χ0) is 14.1. The molecule has 0 saturated heterocycles. The Balaban J connectivity index is 2.44. The number of carbonyl (C=O) groups is 1. The van der Waals surface area contributed by atoms with Crippen LogP contribution in [0.2, 0.25) is 0 Å². The van der Waals surface area contributed by atoms with E-state index in [1.54, 1.807) is 31.4 Å². The van der Waals surface area contributed by atoms with Crippen LogP contribution in [-0.4, -0.2) is 45.9 Å². The first-order valence-electron chi connectivity index (χ1n) is 6.34. The predicted octanol–water partition coefficient (Wildman–Crippen LogP) is 1.05. The van der Waals surface area contributed by atoms with Crippen molar-refractivity contribution < 1.29 is 14.3 Å². The van der Waals surface area contributed by atoms with Crippen LogP contribution in [0.3, 0.4) is 0 Å². The van der Waals surface area contributed by atoms with Crippen LogP contribution in [0.1, 0.15) is 17.3 Å². The molecule has 0 bridgehead atoms. The molecule has 5 nitrogen and oxygen atoms in total. The summed E-state index contributed by atoms with van der Waals surface area (Å²) < 4.78 is 10.3. The number of hydrogen-bond acceptors (Lipinski definition) is 4. The van der Waals surface area contributed by atoms with E-state index in [0.29, 0.717) is 25.3 Å². The van der Waals surface area contributed by atoms with Crippen molar-refractivity contribution in [3.8, 4) is 5.75 Å². The van der Waals surface area contributed by atoms with Gasteiger partial charge in [-0.25, -0.2) is 0 Å². The molecule has 1 atom stereocenters. The van der Waals surface area contributed by atoms with E-state index in [4.69, 9.17) is 9.47 Å². The van der Waals surface area contributed by atoms with E-state index in [1.165, 1.54) is 0 Å². The van der Waals surface area contributed by atoms with E-state index in [1.807, 2.05) is 14.0 Å². The van der Waals surface area contributed by atoms with E-state index in [0.717, 1.165) is 5.75 Å². The Morgan fingerprint density at radius 2 is 1.95 bits per heavy atom. The van der Waals surface area contributed by atoms with E-state index >= 15 is 0 Å². The SMILES string of the molecule is CNC(C)CNC(=O)c1ccc(OCCOC)cc1. The van der Waals surface area contributed by atoms with E-state index in [9.17, 15) is 4.79 Å². The van der Waals surface area contributed by atoms with Gasteiger partial charge in [0.05, 0.1) is 6.61 Å². The highest BCUT2D eigenvalue weighted by molar-refractivity contribution is 5.94. The van der Waals surface area contributed by atoms with Gasteiger partial charge in [0.2, 0.25) is 0 Å². The first-order valence-corrected chi connectivity index (χ1v) is 6.34. The van der Waals surface area contributed by atoms with Gasteiger partial charge < -0.3 is 20.1 Å². The van der Waals surface area contributed by atoms with Crippen LogP contribution in [0.15, 0.2) is 24.3 Å². The van der Waals surface area contributed by atoms with Crippen molar-refractivity contribution in [3.05, 3.63) is 29.8 Å². The first-order chi connectivity index (χ1) is 9.17. The van der Waals surface area contributed by atoms with Gasteiger partial charge in [-0.1, -0.05) is 0 Å². The monoisotopic (exact) mass is 266 g/mol. The van der Waals surface area contributed by atoms with Crippen molar-refractivity contribution >= 4 is 5.91 Å². The topological polar surface area (TPSA) is 59.6 Å². The molecule has 0 saturated carbocycles. The van der Waals surface area contributed by atoms with Crippen molar-refractivity contribution in [3.63, 3.8) is 0 Å². The second-order valence-corrected chi connectivity index (χ2v) is 4.27. The standard InChI is InChI=1S/C14H22N2O3/c1-11(15-2)10-16-14(17)12-4-6-13(7-5-12)19-9-8-18-3/h4-7,11,15H,8-10H2,1-3H3,(H,16,17). The van der Waals surface area contributed by atoms with Gasteiger partial charge in [-0.3, -0.25) is 4.79 Å². The van der Waals surface area contributed by atoms with Crippen LogP contribution in [-0.2, 0) is 4.74 Å². The van der Waals surface area contributed by atoms with Gasteiger partial charge in [0.15, 0.2) is 0 Å². The number of ether oxygens (including phenoxy) is 2. The average Bonchev–Trinajstić information content (AvgIpc) is 2.45. The number of hydrogen-bond donors (Lipinski definition) is 2. The molecule has 0 heterocycles. The third-order valence-electron chi connectivity index (χ3n) is 2.73. The zero-order valence-electron chi connectivity index (χ0n) is 11.7. The molecule has 19 heavy (non-hydrogen) atoms. The van der Waals surface area contributed by atoms with Crippen molar-refractivity contribution in [2.75, 3.05) is 33.9 Å². The molecule has 1 unspecified atom stereocenters. The Morgan fingerprint density at radius 3 is 2.53 bits per heavy atom. The van der Waals surface area contributed by atoms with Crippen LogP contribution in [0.25, 0.3) is 0 Å². The summed E-state index contributed by atoms with van der Waals surface area (Å²) in [6.45, 7) is 3.65. The summed E-state index contributed by atoms with van der Waals surface area (Å²) in [5.41, 5.74) is 0.627. The molecule has 0 aliphatic heterocycles. The van der Waals surface area contributed by atoms with Gasteiger partial charge in [-0.15, -0.1) is 0 Å². The van der Waals surface area contributed by atoms with E-state index in [2.05, 4.69) is 10.6 Å². The van der Waals surface area contributed by atoms with Gasteiger partial charge in [-0.2, -0.15) is 0 Å². The summed E-state index contributed by atoms with van der Waals surface area (Å²) >= 11 is 0. The highest BCUT2D eigenvalue weighted by Crippen LogP contribution is 2.12. The molecule has 1 aromatic rings. The first kappa shape index (κ1) is 15.5. The summed E-state index contributed by atoms with van der Waals surface area (Å²) in [6, 6.07) is 7.32. The summed E-state index contributed by atoms with van der Waals surface area (Å²) in [7, 11) is 3.49. The molecule has 2 N–H and O–H groups in total. The number of likely N-dealkylation sites (N-methyl/N-ethyl adjacent to an activating group) is 1. The number of carbonyl (C=O) groups excluding carboxylic acids is 1. The lowest BCUT2D eigenvalue weighted by molar-refractivity contribution is 0.0950. The van der Waals surface area contributed by atoms with Crippen LogP contribution >= 0.6 is 0 Å². The third kappa shape index (κ3) is 5.72. The largest absolute Gasteiger partial charge is 0.491 e. The quantitative estimate of drug-likeness (QED) is 0.691. The summed E-state index contributed by atoms with van der Waals surface area (Å²) in [5.74, 6) is 0.655. The lowest BCUT2D eigenvalue weighted by Gasteiger charge is -2.11. The number of rotatable bonds is 8. The zero-order valence-corrected chi connectivity index (χ0v) is 11.7. The predicted molar refractivity (Wildman–Crippen MR) is 74.7 cm³/mol. The van der Waals surface area contributed by atoms with Crippen LogP contribution in [0, 0.1) is 0 Å². The van der Waals surface area contributed by atoms with Crippen molar-refractivity contribution in [1.29, 1.82) is 0 Å². The molecule has 1 rings (SSSR count). The Hall–Kier alpha value is -1.59. The maximum absolute atomic E-state index is 11.8. The van der Waals surface area contributed by atoms with Crippen LogP contribution < -0.4 is 15.4 Å². The van der Waals surface area contributed by atoms with Crippen molar-refractivity contribution in [2.24, 2.45) is 0 Å². The normalized spacial score (nSPS) is 11.9. The Kier molecular flexibility index (Phi) is 6.92. The summed E-state index contributed by atoms with van der Waals surface area (Å²) in [5, 5.41) is 5.92. The Labute approximate surface area is 114 Å². The Morgan fingerprint density at radius 1 is 1.26 bits per heavy atom. The molecular formula is C14H22N2O3. The molecule has 0 aliphatic rings. The molecule has 0 fully saturated rings. The van der Waals surface area contributed by atoms with E-state index < -0.39 is 0 Å². The molecule has 0 aromatic heterocycles. The van der Waals surface area contributed by atoms with Gasteiger partial charge >= 0.3 is 0 Å². The van der Waals surface area contributed by atoms with Gasteiger partial charge in [-0.05, 0) is 38.2 Å². The minimum absolute atomic E-state index is 0.0782. The fourth-order valence-corrected chi connectivity index (χ4v) is 1.40. The molecule has 106 valence electrons. The van der Waals surface area contributed by atoms with Gasteiger partial charge in [0.1, 0.15) is 12.4 Å². The Bertz CT molecular complexity index is 379. The second kappa shape index (κ2) is 8.50. The molecule has 5 heteroatoms. The maximum Gasteiger partial charge on any atom is 0.251 e. The molecule has 1 amide bonds. The fourth-order valence-electron chi connectivity index (χ4n) is 1.40. The minimum Gasteiger partial charge on any atom is -0.491 e. The highest BCUT2D eigenvalue weighted by Gasteiger charge is 2.06. The van der Waals surface area contributed by atoms with Crippen LogP contribution in [0.4, 0.5) is 0 Å². The molecule has 0 spiro atoms. The third-order valence-corrected chi connectivity index (χ3v) is 2.73. The number of benzene rings is 1. The summed E-state index contributed by atoms with van der Waals surface area (Å²) in [6.07, 6.45) is 0. The number of nitrogens with one attached hydrogen (secondary N) is 2. The molecular weight excluding hydrogens is 244 g/mol. The van der Waals surface area contributed by atoms with Crippen molar-refractivity contribution in [1.82, 2.24) is 10.6 Å².